The Morgan fingerprint density at radius 3 is 2.64 bits per heavy atom. The Kier molecular flexibility index (Phi) is 8.62. The third kappa shape index (κ3) is 7.06. The lowest BCUT2D eigenvalue weighted by Crippen LogP contribution is -2.49. The minimum Gasteiger partial charge on any atom is -0.490 e. The first-order valence-corrected chi connectivity index (χ1v) is 12.2. The van der Waals surface area contributed by atoms with Crippen molar-refractivity contribution >= 4 is 6.09 Å². The molecule has 2 unspecified atom stereocenters. The molecule has 1 saturated carbocycles. The molecule has 7 heteroatoms. The van der Waals surface area contributed by atoms with E-state index in [1.54, 1.807) is 24.1 Å². The maximum Gasteiger partial charge on any atom is 0.410 e. The highest BCUT2D eigenvalue weighted by Gasteiger charge is 2.44. The molecule has 1 N–H and O–H groups in total. The number of hydrogen-bond donors (Lipinski definition) is 1. The van der Waals surface area contributed by atoms with Crippen LogP contribution in [0, 0.1) is 17.7 Å². The molecule has 1 amide bonds. The topological polar surface area (TPSA) is 68.2 Å². The van der Waals surface area contributed by atoms with Gasteiger partial charge in [0.2, 0.25) is 0 Å². The monoisotopic (exact) mass is 465 g/mol. The lowest BCUT2D eigenvalue weighted by Gasteiger charge is -2.43. The summed E-state index contributed by atoms with van der Waals surface area (Å²) in [4.78, 5) is 14.4. The Labute approximate surface area is 197 Å². The molecule has 0 aromatic heterocycles. The Hall–Kier alpha value is -1.86. The van der Waals surface area contributed by atoms with Crippen molar-refractivity contribution in [2.75, 3.05) is 33.4 Å². The Morgan fingerprint density at radius 2 is 1.97 bits per heavy atom. The fraction of sp³-hybridized carbons (Fsp3) is 0.731. The van der Waals surface area contributed by atoms with E-state index in [2.05, 4.69) is 0 Å². The molecular formula is C26H40FNO5. The first-order valence-electron chi connectivity index (χ1n) is 12.2. The highest BCUT2D eigenvalue weighted by atomic mass is 19.1. The van der Waals surface area contributed by atoms with Crippen molar-refractivity contribution in [3.63, 3.8) is 0 Å². The number of nitrogens with zero attached hydrogens (tertiary/aromatic N) is 1. The predicted molar refractivity (Wildman–Crippen MR) is 125 cm³/mol. The van der Waals surface area contributed by atoms with Crippen molar-refractivity contribution in [3.05, 3.63) is 29.6 Å². The predicted octanol–water partition coefficient (Wildman–Crippen LogP) is 5.27. The number of aliphatic hydroxyl groups is 1. The Morgan fingerprint density at radius 1 is 1.21 bits per heavy atom. The van der Waals surface area contributed by atoms with Crippen LogP contribution in [0.4, 0.5) is 9.18 Å². The van der Waals surface area contributed by atoms with E-state index in [0.29, 0.717) is 50.6 Å². The van der Waals surface area contributed by atoms with Crippen molar-refractivity contribution < 1.29 is 28.5 Å². The van der Waals surface area contributed by atoms with E-state index in [1.165, 1.54) is 6.07 Å². The van der Waals surface area contributed by atoms with Crippen LogP contribution >= 0.6 is 0 Å². The zero-order valence-electron chi connectivity index (χ0n) is 20.6. The Bertz CT molecular complexity index is 791. The molecule has 2 aliphatic rings. The third-order valence-electron chi connectivity index (χ3n) is 6.50. The minimum absolute atomic E-state index is 0.146. The number of ether oxygens (including phenoxy) is 3. The molecule has 1 aromatic carbocycles. The molecule has 2 atom stereocenters. The van der Waals surface area contributed by atoms with Crippen molar-refractivity contribution in [2.24, 2.45) is 11.8 Å². The number of unbranched alkanes of at least 4 members (excludes halogenated alkanes) is 1. The second kappa shape index (κ2) is 11.0. The van der Waals surface area contributed by atoms with Crippen LogP contribution in [-0.2, 0) is 15.1 Å². The van der Waals surface area contributed by atoms with Crippen LogP contribution < -0.4 is 4.74 Å². The molecule has 1 heterocycles. The average Bonchev–Trinajstić information content (AvgIpc) is 3.59. The van der Waals surface area contributed by atoms with Gasteiger partial charge < -0.3 is 24.2 Å². The summed E-state index contributed by atoms with van der Waals surface area (Å²) >= 11 is 0. The molecule has 0 radical (unpaired) electrons. The van der Waals surface area contributed by atoms with E-state index in [9.17, 15) is 14.3 Å². The van der Waals surface area contributed by atoms with Crippen molar-refractivity contribution in [1.82, 2.24) is 4.90 Å². The van der Waals surface area contributed by atoms with Gasteiger partial charge in [0.15, 0.2) is 11.6 Å². The van der Waals surface area contributed by atoms with Crippen LogP contribution in [0.25, 0.3) is 0 Å². The van der Waals surface area contributed by atoms with Crippen LogP contribution in [0.1, 0.15) is 71.3 Å². The van der Waals surface area contributed by atoms with Gasteiger partial charge in [0, 0.05) is 38.3 Å². The zero-order valence-corrected chi connectivity index (χ0v) is 20.6. The number of rotatable bonds is 10. The smallest absolute Gasteiger partial charge is 0.410 e. The van der Waals surface area contributed by atoms with Crippen LogP contribution in [0.5, 0.6) is 5.75 Å². The molecule has 33 heavy (non-hydrogen) atoms. The molecule has 6 nitrogen and oxygen atoms in total. The SMILES string of the molecule is COCCCCC(O)(c1cccc(F)c1OCC1CC1)C1CCCN(C(=O)OC(C)(C)C)C1. The summed E-state index contributed by atoms with van der Waals surface area (Å²) in [5, 5.41) is 12.2. The number of methoxy groups -OCH3 is 1. The number of hydrogen-bond acceptors (Lipinski definition) is 5. The standard InChI is InChI=1S/C26H40FNO5/c1-25(2,3)33-24(29)28-15-8-9-20(17-28)26(30,14-5-6-16-31-4)21-10-7-11-22(27)23(21)32-18-19-12-13-19/h7,10-11,19-20,30H,5-6,8-9,12-18H2,1-4H3. The summed E-state index contributed by atoms with van der Waals surface area (Å²) in [6.45, 7) is 7.52. The Balaban J connectivity index is 1.87. The number of carbonyl (C=O) groups is 1. The van der Waals surface area contributed by atoms with E-state index < -0.39 is 17.0 Å². The van der Waals surface area contributed by atoms with Crippen LogP contribution in [0.3, 0.4) is 0 Å². The summed E-state index contributed by atoms with van der Waals surface area (Å²) < 4.78 is 31.6. The summed E-state index contributed by atoms with van der Waals surface area (Å²) in [7, 11) is 1.66. The van der Waals surface area contributed by atoms with Crippen molar-refractivity contribution in [2.45, 2.75) is 76.9 Å². The van der Waals surface area contributed by atoms with Gasteiger partial charge >= 0.3 is 6.09 Å². The minimum atomic E-state index is -1.32. The number of likely N-dealkylation sites (tertiary alicyclic amines) is 1. The van der Waals surface area contributed by atoms with E-state index in [-0.39, 0.29) is 17.8 Å². The largest absolute Gasteiger partial charge is 0.490 e. The molecule has 3 rings (SSSR count). The van der Waals surface area contributed by atoms with E-state index in [0.717, 1.165) is 32.1 Å². The van der Waals surface area contributed by atoms with Crippen LogP contribution in [-0.4, -0.2) is 55.1 Å². The lowest BCUT2D eigenvalue weighted by atomic mass is 9.73. The van der Waals surface area contributed by atoms with Gasteiger partial charge in [-0.15, -0.1) is 0 Å². The average molecular weight is 466 g/mol. The van der Waals surface area contributed by atoms with Crippen LogP contribution in [0.15, 0.2) is 18.2 Å². The van der Waals surface area contributed by atoms with Crippen molar-refractivity contribution in [3.8, 4) is 5.75 Å². The van der Waals surface area contributed by atoms with Crippen LogP contribution in [0.2, 0.25) is 0 Å². The molecule has 0 bridgehead atoms. The molecule has 186 valence electrons. The molecule has 1 aromatic rings. The van der Waals surface area contributed by atoms with E-state index in [4.69, 9.17) is 14.2 Å². The van der Waals surface area contributed by atoms with Gasteiger partial charge in [-0.3, -0.25) is 0 Å². The van der Waals surface area contributed by atoms with Gasteiger partial charge in [-0.2, -0.15) is 0 Å². The summed E-state index contributed by atoms with van der Waals surface area (Å²) in [5.41, 5.74) is -1.43. The molecule has 1 aliphatic heterocycles. The molecule has 1 saturated heterocycles. The number of amides is 1. The van der Waals surface area contributed by atoms with Gasteiger partial charge in [-0.05, 0) is 77.7 Å². The van der Waals surface area contributed by atoms with Gasteiger partial charge in [0.25, 0.3) is 0 Å². The highest BCUT2D eigenvalue weighted by Crippen LogP contribution is 2.45. The molecule has 0 spiro atoms. The summed E-state index contributed by atoms with van der Waals surface area (Å²) in [5.74, 6) is -0.104. The summed E-state index contributed by atoms with van der Waals surface area (Å²) in [6, 6.07) is 4.78. The number of halogens is 1. The molecular weight excluding hydrogens is 425 g/mol. The maximum atomic E-state index is 14.9. The van der Waals surface area contributed by atoms with Gasteiger partial charge in [0.1, 0.15) is 5.60 Å². The first kappa shape index (κ1) is 25.8. The number of carbonyl (C=O) groups excluding carboxylic acids is 1. The first-order chi connectivity index (χ1) is 15.6. The van der Waals surface area contributed by atoms with E-state index in [1.807, 2.05) is 20.8 Å². The van der Waals surface area contributed by atoms with Gasteiger partial charge in [0.05, 0.1) is 12.2 Å². The number of para-hydroxylation sites is 1. The number of benzene rings is 1. The quantitative estimate of drug-likeness (QED) is 0.477. The fourth-order valence-corrected chi connectivity index (χ4v) is 4.54. The van der Waals surface area contributed by atoms with Crippen molar-refractivity contribution in [1.29, 1.82) is 0 Å². The van der Waals surface area contributed by atoms with Gasteiger partial charge in [-0.25, -0.2) is 9.18 Å². The summed E-state index contributed by atoms with van der Waals surface area (Å²) in [6.07, 6.45) is 5.24. The zero-order chi connectivity index (χ0) is 24.1. The fourth-order valence-electron chi connectivity index (χ4n) is 4.54. The maximum absolute atomic E-state index is 14.9. The third-order valence-corrected chi connectivity index (χ3v) is 6.50. The second-order valence-corrected chi connectivity index (χ2v) is 10.5. The van der Waals surface area contributed by atoms with E-state index >= 15 is 0 Å². The second-order valence-electron chi connectivity index (χ2n) is 10.5. The number of piperidine rings is 1. The molecule has 2 fully saturated rings. The normalized spacial score (nSPS) is 20.9. The lowest BCUT2D eigenvalue weighted by molar-refractivity contribution is -0.0659. The molecule has 1 aliphatic carbocycles. The highest BCUT2D eigenvalue weighted by molar-refractivity contribution is 5.68. The van der Waals surface area contributed by atoms with Gasteiger partial charge in [-0.1, -0.05) is 12.1 Å².